The smallest absolute Gasteiger partial charge is 0.282 e. The first kappa shape index (κ1) is 6.29. The van der Waals surface area contributed by atoms with Crippen LogP contribution < -0.4 is 0 Å². The van der Waals surface area contributed by atoms with Crippen molar-refractivity contribution in [2.75, 3.05) is 0 Å². The summed E-state index contributed by atoms with van der Waals surface area (Å²) in [6.07, 6.45) is 0.786. The van der Waals surface area contributed by atoms with Crippen molar-refractivity contribution >= 4 is 23.7 Å². The summed E-state index contributed by atoms with van der Waals surface area (Å²) in [5.74, 6) is -2.00. The van der Waals surface area contributed by atoms with E-state index >= 15 is 0 Å². The van der Waals surface area contributed by atoms with E-state index in [1.807, 2.05) is 0 Å². The lowest BCUT2D eigenvalue weighted by Crippen LogP contribution is -2.18. The van der Waals surface area contributed by atoms with Gasteiger partial charge < -0.3 is 0 Å². The summed E-state index contributed by atoms with van der Waals surface area (Å²) in [6, 6.07) is 1.53. The van der Waals surface area contributed by atoms with Crippen LogP contribution in [0.5, 0.6) is 0 Å². The van der Waals surface area contributed by atoms with E-state index in [4.69, 9.17) is 5.26 Å². The number of ketones is 1. The van der Waals surface area contributed by atoms with Crippen molar-refractivity contribution in [3.05, 3.63) is 0 Å². The van der Waals surface area contributed by atoms with E-state index < -0.39 is 11.7 Å². The molecule has 0 aromatic rings. The van der Waals surface area contributed by atoms with Crippen LogP contribution in [0.1, 0.15) is 0 Å². The van der Waals surface area contributed by atoms with Gasteiger partial charge in [-0.25, -0.2) is 4.99 Å². The summed E-state index contributed by atoms with van der Waals surface area (Å²) < 4.78 is 0. The maximum Gasteiger partial charge on any atom is 0.321 e. The van der Waals surface area contributed by atoms with Gasteiger partial charge in [0.05, 0.1) is 6.21 Å². The van der Waals surface area contributed by atoms with Gasteiger partial charge in [0.15, 0.2) is 0 Å². The molecular formula is C5HN3O2. The van der Waals surface area contributed by atoms with E-state index in [1.165, 1.54) is 6.07 Å². The molecule has 0 fully saturated rings. The predicted molar refractivity (Wildman–Crippen MR) is 31.6 cm³/mol. The highest BCUT2D eigenvalue weighted by Crippen LogP contribution is 1.89. The number of amidine groups is 1. The topological polar surface area (TPSA) is 82.6 Å². The maximum atomic E-state index is 10.4. The molecule has 0 aromatic heterocycles. The van der Waals surface area contributed by atoms with Crippen molar-refractivity contribution < 1.29 is 9.59 Å². The summed E-state index contributed by atoms with van der Waals surface area (Å²) >= 11 is 0. The summed E-state index contributed by atoms with van der Waals surface area (Å²) in [4.78, 5) is 27.0. The third-order valence-corrected chi connectivity index (χ3v) is 0.822. The van der Waals surface area contributed by atoms with Crippen molar-refractivity contribution in [2.45, 2.75) is 0 Å². The lowest BCUT2D eigenvalue weighted by Gasteiger charge is -1.92. The SMILES string of the molecule is N#CC1=NC(=O)C(=O)C=N1. The first-order valence-electron chi connectivity index (χ1n) is 2.35. The second kappa shape index (κ2) is 2.19. The van der Waals surface area contributed by atoms with Gasteiger partial charge in [0.25, 0.3) is 5.78 Å². The number of amides is 1. The van der Waals surface area contributed by atoms with E-state index in [0.717, 1.165) is 6.21 Å². The number of carbonyl (C=O) groups excluding carboxylic acids is 2. The Bertz CT molecular complexity index is 295. The predicted octanol–water partition coefficient (Wildman–Crippen LogP) is -0.911. The average molecular weight is 135 g/mol. The first-order chi connectivity index (χ1) is 4.74. The Labute approximate surface area is 55.7 Å². The standard InChI is InChI=1S/C5HN3O2/c6-1-4-7-2-3(9)5(10)8-4/h2H. The van der Waals surface area contributed by atoms with Gasteiger partial charge in [0, 0.05) is 0 Å². The molecule has 1 aliphatic heterocycles. The zero-order valence-electron chi connectivity index (χ0n) is 4.74. The number of nitrogens with zero attached hydrogens (tertiary/aromatic N) is 3. The molecular weight excluding hydrogens is 134 g/mol. The zero-order valence-corrected chi connectivity index (χ0v) is 4.74. The van der Waals surface area contributed by atoms with Crippen LogP contribution >= 0.6 is 0 Å². The number of hydrogen-bond donors (Lipinski definition) is 0. The van der Waals surface area contributed by atoms with Gasteiger partial charge in [0.1, 0.15) is 6.07 Å². The van der Waals surface area contributed by atoms with Crippen LogP contribution in [0.25, 0.3) is 0 Å². The Morgan fingerprint density at radius 3 is 2.70 bits per heavy atom. The molecule has 0 saturated heterocycles. The molecule has 0 aliphatic carbocycles. The highest BCUT2D eigenvalue weighted by atomic mass is 16.2. The highest BCUT2D eigenvalue weighted by Gasteiger charge is 2.15. The molecule has 0 aromatic carbocycles. The average Bonchev–Trinajstić information content (AvgIpc) is 1.95. The molecule has 5 nitrogen and oxygen atoms in total. The molecule has 1 rings (SSSR count). The van der Waals surface area contributed by atoms with Crippen LogP contribution in [0.2, 0.25) is 0 Å². The van der Waals surface area contributed by atoms with Gasteiger partial charge in [0.2, 0.25) is 5.84 Å². The number of Topliss-reactive ketones (excluding diaryl/α,β-unsaturated/α-hetero) is 1. The third-order valence-electron chi connectivity index (χ3n) is 0.822. The summed E-state index contributed by atoms with van der Waals surface area (Å²) in [7, 11) is 0. The third kappa shape index (κ3) is 0.951. The van der Waals surface area contributed by atoms with Crippen molar-refractivity contribution in [3.63, 3.8) is 0 Å². The molecule has 0 bridgehead atoms. The fourth-order valence-electron chi connectivity index (χ4n) is 0.409. The van der Waals surface area contributed by atoms with E-state index in [2.05, 4.69) is 9.98 Å². The number of aliphatic imine (C=N–C) groups is 2. The molecule has 0 spiro atoms. The fourth-order valence-corrected chi connectivity index (χ4v) is 0.409. The first-order valence-corrected chi connectivity index (χ1v) is 2.35. The van der Waals surface area contributed by atoms with Gasteiger partial charge in [-0.2, -0.15) is 10.3 Å². The van der Waals surface area contributed by atoms with E-state index in [1.54, 1.807) is 0 Å². The minimum atomic E-state index is -0.938. The molecule has 0 unspecified atom stereocenters. The lowest BCUT2D eigenvalue weighted by atomic mass is 10.4. The number of carbonyl (C=O) groups is 2. The Kier molecular flexibility index (Phi) is 1.38. The summed E-state index contributed by atoms with van der Waals surface area (Å²) in [5.41, 5.74) is 0. The normalized spacial score (nSPS) is 16.5. The van der Waals surface area contributed by atoms with Crippen LogP contribution in [0, 0.1) is 11.3 Å². The number of rotatable bonds is 0. The summed E-state index contributed by atoms with van der Waals surface area (Å²) in [5, 5.41) is 8.14. The Morgan fingerprint density at radius 2 is 2.20 bits per heavy atom. The van der Waals surface area contributed by atoms with E-state index in [9.17, 15) is 9.59 Å². The minimum absolute atomic E-state index is 0.274. The van der Waals surface area contributed by atoms with Gasteiger partial charge in [-0.15, -0.1) is 0 Å². The largest absolute Gasteiger partial charge is 0.321 e. The van der Waals surface area contributed by atoms with Crippen molar-refractivity contribution in [3.8, 4) is 6.07 Å². The molecule has 1 heterocycles. The van der Waals surface area contributed by atoms with Gasteiger partial charge in [-0.1, -0.05) is 0 Å². The van der Waals surface area contributed by atoms with Crippen LogP contribution in [-0.2, 0) is 9.59 Å². The monoisotopic (exact) mass is 135 g/mol. The fraction of sp³-hybridized carbons (Fsp3) is 0. The van der Waals surface area contributed by atoms with Crippen molar-refractivity contribution in [2.24, 2.45) is 9.98 Å². The van der Waals surface area contributed by atoms with Crippen LogP contribution in [-0.4, -0.2) is 23.7 Å². The van der Waals surface area contributed by atoms with Gasteiger partial charge >= 0.3 is 5.91 Å². The highest BCUT2D eigenvalue weighted by molar-refractivity contribution is 6.61. The van der Waals surface area contributed by atoms with Crippen LogP contribution in [0.15, 0.2) is 9.98 Å². The van der Waals surface area contributed by atoms with Gasteiger partial charge in [-0.3, -0.25) is 9.59 Å². The second-order valence-corrected chi connectivity index (χ2v) is 1.47. The Morgan fingerprint density at radius 1 is 1.50 bits per heavy atom. The van der Waals surface area contributed by atoms with Crippen molar-refractivity contribution in [1.29, 1.82) is 5.26 Å². The molecule has 5 heteroatoms. The Hall–Kier alpha value is -1.83. The van der Waals surface area contributed by atoms with Gasteiger partial charge in [-0.05, 0) is 0 Å². The van der Waals surface area contributed by atoms with Crippen LogP contribution in [0.3, 0.4) is 0 Å². The van der Waals surface area contributed by atoms with Crippen LogP contribution in [0.4, 0.5) is 0 Å². The van der Waals surface area contributed by atoms with E-state index in [0.29, 0.717) is 0 Å². The molecule has 0 atom stereocenters. The molecule has 0 N–H and O–H groups in total. The number of nitriles is 1. The molecule has 10 heavy (non-hydrogen) atoms. The maximum absolute atomic E-state index is 10.4. The second-order valence-electron chi connectivity index (χ2n) is 1.47. The van der Waals surface area contributed by atoms with E-state index in [-0.39, 0.29) is 5.84 Å². The molecule has 48 valence electrons. The lowest BCUT2D eigenvalue weighted by molar-refractivity contribution is -0.131. The summed E-state index contributed by atoms with van der Waals surface area (Å²) in [6.45, 7) is 0. The molecule has 0 radical (unpaired) electrons. The zero-order chi connectivity index (χ0) is 7.56. The van der Waals surface area contributed by atoms with Crippen molar-refractivity contribution in [1.82, 2.24) is 0 Å². The number of hydrogen-bond acceptors (Lipinski definition) is 4. The minimum Gasteiger partial charge on any atom is -0.282 e. The molecule has 0 saturated carbocycles. The quantitative estimate of drug-likeness (QED) is 0.403. The Balaban J connectivity index is 3.00. The molecule has 1 aliphatic rings. The molecule has 1 amide bonds.